The fourth-order valence-corrected chi connectivity index (χ4v) is 4.52. The summed E-state index contributed by atoms with van der Waals surface area (Å²) in [6.45, 7) is 1.85. The van der Waals surface area contributed by atoms with E-state index in [4.69, 9.17) is 20.3 Å². The predicted octanol–water partition coefficient (Wildman–Crippen LogP) is 4.35. The van der Waals surface area contributed by atoms with E-state index in [1.807, 2.05) is 25.1 Å². The van der Waals surface area contributed by atoms with Crippen LogP contribution in [0.3, 0.4) is 0 Å². The second kappa shape index (κ2) is 11.0. The molecular formula is C22H30NO4PS. The predicted molar refractivity (Wildman–Crippen MR) is 120 cm³/mol. The van der Waals surface area contributed by atoms with Crippen molar-refractivity contribution in [1.82, 2.24) is 0 Å². The quantitative estimate of drug-likeness (QED) is 0.293. The van der Waals surface area contributed by atoms with E-state index < -0.39 is 13.1 Å². The second-order valence-corrected chi connectivity index (χ2v) is 10.5. The van der Waals surface area contributed by atoms with Crippen molar-refractivity contribution in [3.05, 3.63) is 51.7 Å². The van der Waals surface area contributed by atoms with Gasteiger partial charge in [0, 0.05) is 16.8 Å². The lowest BCUT2D eigenvalue weighted by molar-refractivity contribution is 0.354. The molecule has 0 saturated heterocycles. The molecule has 1 aromatic carbocycles. The normalized spacial score (nSPS) is 13.4. The molecule has 2 aromatic rings. The summed E-state index contributed by atoms with van der Waals surface area (Å²) in [4.78, 5) is 20.3. The van der Waals surface area contributed by atoms with E-state index in [1.54, 1.807) is 18.4 Å². The number of thiophene rings is 1. The van der Waals surface area contributed by atoms with Gasteiger partial charge < -0.3 is 20.3 Å². The third kappa shape index (κ3) is 9.62. The number of ether oxygens (including phenoxy) is 1. The highest BCUT2D eigenvalue weighted by molar-refractivity contribution is 7.51. The summed E-state index contributed by atoms with van der Waals surface area (Å²) in [6.07, 6.45) is 4.48. The highest BCUT2D eigenvalue weighted by Gasteiger charge is 2.23. The molecule has 0 spiro atoms. The zero-order valence-corrected chi connectivity index (χ0v) is 18.8. The smallest absolute Gasteiger partial charge is 0.325 e. The molecule has 0 fully saturated rings. The Morgan fingerprint density at radius 2 is 1.86 bits per heavy atom. The Morgan fingerprint density at radius 1 is 1.14 bits per heavy atom. The SMILES string of the molecule is COc1ccc(CCCC#Cc2ccc(CCC(C)(N)CCP(=O)(O)O)s2)cc1. The van der Waals surface area contributed by atoms with E-state index in [1.165, 1.54) is 10.4 Å². The summed E-state index contributed by atoms with van der Waals surface area (Å²) in [7, 11) is -2.33. The first-order valence-corrected chi connectivity index (χ1v) is 12.3. The Hall–Kier alpha value is -1.61. The Bertz CT molecular complexity index is 874. The third-order valence-electron chi connectivity index (χ3n) is 4.72. The monoisotopic (exact) mass is 435 g/mol. The van der Waals surface area contributed by atoms with Crippen molar-refractivity contribution in [3.8, 4) is 17.6 Å². The highest BCUT2D eigenvalue weighted by Crippen LogP contribution is 2.37. The Balaban J connectivity index is 1.73. The molecule has 158 valence electrons. The van der Waals surface area contributed by atoms with Crippen LogP contribution in [0.1, 0.15) is 47.9 Å². The Morgan fingerprint density at radius 3 is 2.52 bits per heavy atom. The third-order valence-corrected chi connectivity index (χ3v) is 6.58. The van der Waals surface area contributed by atoms with E-state index in [0.29, 0.717) is 12.8 Å². The van der Waals surface area contributed by atoms with Gasteiger partial charge in [0.2, 0.25) is 0 Å². The molecule has 0 aliphatic carbocycles. The summed E-state index contributed by atoms with van der Waals surface area (Å²) in [6, 6.07) is 12.2. The molecule has 0 radical (unpaired) electrons. The largest absolute Gasteiger partial charge is 0.497 e. The minimum atomic E-state index is -4.00. The van der Waals surface area contributed by atoms with Gasteiger partial charge in [0.05, 0.1) is 18.1 Å². The zero-order valence-electron chi connectivity index (χ0n) is 17.1. The minimum absolute atomic E-state index is 0.169. The number of hydrogen-bond acceptors (Lipinski definition) is 4. The lowest BCUT2D eigenvalue weighted by Gasteiger charge is -2.24. The van der Waals surface area contributed by atoms with Crippen LogP contribution in [0.4, 0.5) is 0 Å². The number of methoxy groups -OCH3 is 1. The van der Waals surface area contributed by atoms with Gasteiger partial charge in [-0.15, -0.1) is 11.3 Å². The van der Waals surface area contributed by atoms with E-state index in [9.17, 15) is 4.57 Å². The van der Waals surface area contributed by atoms with Crippen LogP contribution in [-0.2, 0) is 17.4 Å². The molecule has 1 unspecified atom stereocenters. The molecule has 0 aliphatic heterocycles. The second-order valence-electron chi connectivity index (χ2n) is 7.56. The van der Waals surface area contributed by atoms with Crippen molar-refractivity contribution in [2.45, 2.75) is 51.0 Å². The van der Waals surface area contributed by atoms with Crippen LogP contribution in [0.5, 0.6) is 5.75 Å². The topological polar surface area (TPSA) is 92.8 Å². The van der Waals surface area contributed by atoms with Crippen molar-refractivity contribution in [2.75, 3.05) is 13.3 Å². The average Bonchev–Trinajstić information content (AvgIpc) is 3.13. The van der Waals surface area contributed by atoms with Gasteiger partial charge in [0.15, 0.2) is 0 Å². The standard InChI is InChI=1S/C22H30NO4PS/c1-22(23,16-17-28(24,25)26)15-14-21-13-12-20(29-21)7-5-3-4-6-18-8-10-19(27-2)11-9-18/h8-13H,3-4,6,14-17,23H2,1-2H3,(H2,24,25,26). The lowest BCUT2D eigenvalue weighted by atomic mass is 9.94. The molecular weight excluding hydrogens is 405 g/mol. The van der Waals surface area contributed by atoms with Crippen molar-refractivity contribution >= 4 is 18.9 Å². The van der Waals surface area contributed by atoms with Gasteiger partial charge in [0.1, 0.15) is 5.75 Å². The number of benzene rings is 1. The van der Waals surface area contributed by atoms with Crippen molar-refractivity contribution in [1.29, 1.82) is 0 Å². The van der Waals surface area contributed by atoms with Gasteiger partial charge in [0.25, 0.3) is 0 Å². The number of nitrogens with two attached hydrogens (primary N) is 1. The molecule has 0 amide bonds. The molecule has 0 aliphatic rings. The van der Waals surface area contributed by atoms with Crippen LogP contribution < -0.4 is 10.5 Å². The Kier molecular flexibility index (Phi) is 8.95. The zero-order chi connectivity index (χ0) is 21.3. The van der Waals surface area contributed by atoms with Crippen LogP contribution in [0.25, 0.3) is 0 Å². The van der Waals surface area contributed by atoms with Crippen molar-refractivity contribution in [3.63, 3.8) is 0 Å². The van der Waals surface area contributed by atoms with E-state index >= 15 is 0 Å². The first-order chi connectivity index (χ1) is 13.7. The van der Waals surface area contributed by atoms with Crippen molar-refractivity contribution < 1.29 is 19.1 Å². The summed E-state index contributed by atoms with van der Waals surface area (Å²) in [5, 5.41) is 0. The summed E-state index contributed by atoms with van der Waals surface area (Å²) >= 11 is 1.66. The average molecular weight is 436 g/mol. The number of rotatable bonds is 10. The van der Waals surface area contributed by atoms with Crippen LogP contribution in [-0.4, -0.2) is 28.6 Å². The molecule has 0 saturated carbocycles. The maximum Gasteiger partial charge on any atom is 0.325 e. The molecule has 1 atom stereocenters. The molecule has 7 heteroatoms. The van der Waals surface area contributed by atoms with E-state index in [-0.39, 0.29) is 6.16 Å². The first-order valence-electron chi connectivity index (χ1n) is 9.71. The van der Waals surface area contributed by atoms with E-state index in [2.05, 4.69) is 30.0 Å². The lowest BCUT2D eigenvalue weighted by Crippen LogP contribution is -2.37. The molecule has 1 aromatic heterocycles. The molecule has 1 heterocycles. The number of unbranched alkanes of at least 4 members (excludes halogenated alkanes) is 1. The fraction of sp³-hybridized carbons (Fsp3) is 0.455. The highest BCUT2D eigenvalue weighted by atomic mass is 32.1. The molecule has 29 heavy (non-hydrogen) atoms. The van der Waals surface area contributed by atoms with Gasteiger partial charge in [-0.3, -0.25) is 4.57 Å². The van der Waals surface area contributed by atoms with Crippen molar-refractivity contribution in [2.24, 2.45) is 5.73 Å². The van der Waals surface area contributed by atoms with Gasteiger partial charge >= 0.3 is 7.60 Å². The van der Waals surface area contributed by atoms with Gasteiger partial charge in [-0.05, 0) is 68.9 Å². The van der Waals surface area contributed by atoms with Crippen LogP contribution in [0.15, 0.2) is 36.4 Å². The van der Waals surface area contributed by atoms with Crippen LogP contribution in [0, 0.1) is 11.8 Å². The fourth-order valence-electron chi connectivity index (χ4n) is 2.84. The van der Waals surface area contributed by atoms with E-state index in [0.717, 1.165) is 36.3 Å². The molecule has 0 bridgehead atoms. The molecule has 4 N–H and O–H groups in total. The van der Waals surface area contributed by atoms with Gasteiger partial charge in [-0.25, -0.2) is 0 Å². The molecule has 2 rings (SSSR count). The van der Waals surface area contributed by atoms with Gasteiger partial charge in [-0.2, -0.15) is 0 Å². The number of hydrogen-bond donors (Lipinski definition) is 3. The van der Waals surface area contributed by atoms with Crippen LogP contribution in [0.2, 0.25) is 0 Å². The minimum Gasteiger partial charge on any atom is -0.497 e. The van der Waals surface area contributed by atoms with Gasteiger partial charge in [-0.1, -0.05) is 24.0 Å². The van der Waals surface area contributed by atoms with Crippen LogP contribution >= 0.6 is 18.9 Å². The summed E-state index contributed by atoms with van der Waals surface area (Å²) < 4.78 is 16.2. The Labute approximate surface area is 177 Å². The maximum absolute atomic E-state index is 11.0. The number of aryl methyl sites for hydroxylation is 2. The first kappa shape index (κ1) is 23.7. The maximum atomic E-state index is 11.0. The summed E-state index contributed by atoms with van der Waals surface area (Å²) in [5.74, 6) is 7.34. The molecule has 5 nitrogen and oxygen atoms in total. The summed E-state index contributed by atoms with van der Waals surface area (Å²) in [5.41, 5.74) is 6.88.